The van der Waals surface area contributed by atoms with Crippen LogP contribution in [0.4, 0.5) is 15.4 Å². The number of urea groups is 1. The molecule has 0 aromatic carbocycles. The summed E-state index contributed by atoms with van der Waals surface area (Å²) in [5.74, 6) is 0.168. The summed E-state index contributed by atoms with van der Waals surface area (Å²) >= 11 is 0. The second kappa shape index (κ2) is 8.46. The number of aromatic nitrogens is 4. The van der Waals surface area contributed by atoms with Gasteiger partial charge in [0.25, 0.3) is 0 Å². The van der Waals surface area contributed by atoms with Gasteiger partial charge in [-0.1, -0.05) is 0 Å². The van der Waals surface area contributed by atoms with Crippen molar-refractivity contribution in [1.82, 2.24) is 30.2 Å². The quantitative estimate of drug-likeness (QED) is 0.489. The molecule has 2 aromatic rings. The van der Waals surface area contributed by atoms with Crippen LogP contribution in [0.2, 0.25) is 0 Å². The summed E-state index contributed by atoms with van der Waals surface area (Å²) in [5, 5.41) is 26.0. The first-order chi connectivity index (χ1) is 13.5. The fourth-order valence-corrected chi connectivity index (χ4v) is 2.75. The van der Waals surface area contributed by atoms with E-state index in [4.69, 9.17) is 10.00 Å². The maximum atomic E-state index is 11.7. The molecule has 0 radical (unpaired) electrons. The van der Waals surface area contributed by atoms with Gasteiger partial charge in [0.2, 0.25) is 0 Å². The number of alkyl carbamates (subject to hydrolysis) is 1. The maximum absolute atomic E-state index is 11.7. The predicted octanol–water partition coefficient (Wildman–Crippen LogP) is -0.524. The van der Waals surface area contributed by atoms with E-state index in [0.29, 0.717) is 11.2 Å². The van der Waals surface area contributed by atoms with Crippen LogP contribution >= 0.6 is 0 Å². The summed E-state index contributed by atoms with van der Waals surface area (Å²) in [6, 6.07) is 1.19. The van der Waals surface area contributed by atoms with Gasteiger partial charge in [0.15, 0.2) is 17.0 Å². The number of hydrogen-bond donors (Lipinski definition) is 4. The normalized spacial score (nSPS) is 21.1. The van der Waals surface area contributed by atoms with E-state index in [1.54, 1.807) is 10.6 Å². The Balaban J connectivity index is 1.74. The molecule has 0 saturated carbocycles. The molecule has 0 unspecified atom stereocenters. The number of aliphatic hydroxyl groups is 1. The second-order valence-electron chi connectivity index (χ2n) is 5.82. The molecule has 13 nitrogen and oxygen atoms in total. The first kappa shape index (κ1) is 19.3. The number of nitriles is 1. The van der Waals surface area contributed by atoms with Crippen molar-refractivity contribution < 1.29 is 24.2 Å². The Morgan fingerprint density at radius 2 is 2.25 bits per heavy atom. The van der Waals surface area contributed by atoms with Crippen LogP contribution in [0.1, 0.15) is 12.6 Å². The van der Waals surface area contributed by atoms with Gasteiger partial charge in [0, 0.05) is 13.0 Å². The molecule has 1 aliphatic rings. The molecule has 28 heavy (non-hydrogen) atoms. The molecule has 1 fully saturated rings. The summed E-state index contributed by atoms with van der Waals surface area (Å²) in [6.07, 6.45) is 0.348. The Kier molecular flexibility index (Phi) is 5.82. The minimum absolute atomic E-state index is 0.0812. The van der Waals surface area contributed by atoms with E-state index in [-0.39, 0.29) is 25.3 Å². The molecule has 3 heterocycles. The number of nitrogens with one attached hydrogen (secondary N) is 3. The minimum atomic E-state index is -0.809. The molecule has 3 rings (SSSR count). The Bertz CT molecular complexity index is 909. The van der Waals surface area contributed by atoms with Crippen molar-refractivity contribution in [3.8, 4) is 6.07 Å². The molecule has 3 amide bonds. The van der Waals surface area contributed by atoms with E-state index in [9.17, 15) is 14.7 Å². The highest BCUT2D eigenvalue weighted by molar-refractivity contribution is 5.95. The van der Waals surface area contributed by atoms with Crippen LogP contribution in [-0.4, -0.2) is 69.2 Å². The van der Waals surface area contributed by atoms with Crippen LogP contribution in [-0.2, 0) is 9.47 Å². The van der Waals surface area contributed by atoms with Gasteiger partial charge in [-0.2, -0.15) is 5.26 Å². The number of imidazole rings is 1. The van der Waals surface area contributed by atoms with Crippen molar-refractivity contribution in [2.75, 3.05) is 25.5 Å². The van der Waals surface area contributed by atoms with Gasteiger partial charge in [-0.25, -0.2) is 24.5 Å². The van der Waals surface area contributed by atoms with E-state index in [1.165, 1.54) is 19.8 Å². The molecule has 148 valence electrons. The molecule has 0 spiro atoms. The lowest BCUT2D eigenvalue weighted by Gasteiger charge is -2.16. The molecule has 2 aromatic heterocycles. The Morgan fingerprint density at radius 3 is 3.00 bits per heavy atom. The van der Waals surface area contributed by atoms with Gasteiger partial charge >= 0.3 is 12.1 Å². The van der Waals surface area contributed by atoms with Gasteiger partial charge in [0.05, 0.1) is 25.6 Å². The van der Waals surface area contributed by atoms with Crippen LogP contribution in [0, 0.1) is 11.3 Å². The zero-order valence-electron chi connectivity index (χ0n) is 14.8. The average molecular weight is 390 g/mol. The van der Waals surface area contributed by atoms with E-state index in [1.807, 2.05) is 0 Å². The van der Waals surface area contributed by atoms with Gasteiger partial charge in [-0.3, -0.25) is 9.88 Å². The number of ether oxygens (including phenoxy) is 2. The van der Waals surface area contributed by atoms with Crippen LogP contribution in [0.5, 0.6) is 0 Å². The molecule has 13 heteroatoms. The SMILES string of the molecule is COC(=O)NC[C@H]1O[C@@H](n2cnc3c(NC(=O)NCC#N)ncnc32)C[C@@H]1O. The van der Waals surface area contributed by atoms with Gasteiger partial charge in [0.1, 0.15) is 25.2 Å². The third-order valence-corrected chi connectivity index (χ3v) is 4.07. The summed E-state index contributed by atoms with van der Waals surface area (Å²) in [5.41, 5.74) is 0.716. The number of carbonyl (C=O) groups is 2. The number of fused-ring (bicyclic) bond motifs is 1. The van der Waals surface area contributed by atoms with Gasteiger partial charge < -0.3 is 25.2 Å². The molecule has 1 aliphatic heterocycles. The lowest BCUT2D eigenvalue weighted by molar-refractivity contribution is -0.0153. The van der Waals surface area contributed by atoms with Crippen molar-refractivity contribution in [1.29, 1.82) is 5.26 Å². The van der Waals surface area contributed by atoms with Crippen LogP contribution in [0.3, 0.4) is 0 Å². The van der Waals surface area contributed by atoms with Crippen LogP contribution < -0.4 is 16.0 Å². The molecule has 0 bridgehead atoms. The standard InChI is InChI=1S/C15H18N8O5/c1-27-15(26)18-5-9-8(24)4-10(28-9)23-7-21-11-12(19-6-20-13(11)23)22-14(25)17-3-2-16/h6-10,24H,3-5H2,1H3,(H,18,26)(H2,17,19,20,22,25)/t8-,9+,10+/m0/s1. The van der Waals surface area contributed by atoms with E-state index in [2.05, 4.69) is 35.6 Å². The lowest BCUT2D eigenvalue weighted by Crippen LogP contribution is -2.36. The highest BCUT2D eigenvalue weighted by atomic mass is 16.5. The summed E-state index contributed by atoms with van der Waals surface area (Å²) < 4.78 is 11.9. The maximum Gasteiger partial charge on any atom is 0.406 e. The van der Waals surface area contributed by atoms with Crippen molar-refractivity contribution in [2.45, 2.75) is 24.9 Å². The highest BCUT2D eigenvalue weighted by Crippen LogP contribution is 2.31. The fraction of sp³-hybridized carbons (Fsp3) is 0.467. The van der Waals surface area contributed by atoms with Crippen molar-refractivity contribution in [3.63, 3.8) is 0 Å². The van der Waals surface area contributed by atoms with Crippen molar-refractivity contribution in [3.05, 3.63) is 12.7 Å². The summed E-state index contributed by atoms with van der Waals surface area (Å²) in [4.78, 5) is 35.3. The topological polar surface area (TPSA) is 176 Å². The largest absolute Gasteiger partial charge is 0.453 e. The summed E-state index contributed by atoms with van der Waals surface area (Å²) in [6.45, 7) is -0.0683. The summed E-state index contributed by atoms with van der Waals surface area (Å²) in [7, 11) is 1.24. The van der Waals surface area contributed by atoms with Crippen molar-refractivity contribution in [2.24, 2.45) is 0 Å². The fourth-order valence-electron chi connectivity index (χ4n) is 2.75. The van der Waals surface area contributed by atoms with Crippen LogP contribution in [0.15, 0.2) is 12.7 Å². The second-order valence-corrected chi connectivity index (χ2v) is 5.82. The number of nitrogens with zero attached hydrogens (tertiary/aromatic N) is 5. The zero-order valence-corrected chi connectivity index (χ0v) is 14.8. The first-order valence-corrected chi connectivity index (χ1v) is 8.28. The van der Waals surface area contributed by atoms with Gasteiger partial charge in [-0.15, -0.1) is 0 Å². The molecular formula is C15H18N8O5. The van der Waals surface area contributed by atoms with Gasteiger partial charge in [-0.05, 0) is 0 Å². The Labute approximate surface area is 158 Å². The van der Waals surface area contributed by atoms with E-state index < -0.39 is 30.6 Å². The zero-order chi connectivity index (χ0) is 20.1. The minimum Gasteiger partial charge on any atom is -0.453 e. The molecule has 0 aliphatic carbocycles. The number of amides is 3. The third-order valence-electron chi connectivity index (χ3n) is 4.07. The van der Waals surface area contributed by atoms with Crippen molar-refractivity contribution >= 4 is 29.1 Å². The molecule has 1 saturated heterocycles. The molecule has 4 N–H and O–H groups in total. The average Bonchev–Trinajstić information content (AvgIpc) is 3.28. The van der Waals surface area contributed by atoms with E-state index in [0.717, 1.165) is 0 Å². The first-order valence-electron chi connectivity index (χ1n) is 8.28. The highest BCUT2D eigenvalue weighted by Gasteiger charge is 2.36. The monoisotopic (exact) mass is 390 g/mol. The van der Waals surface area contributed by atoms with E-state index >= 15 is 0 Å². The number of carbonyl (C=O) groups excluding carboxylic acids is 2. The number of rotatable bonds is 5. The number of anilines is 1. The third kappa shape index (κ3) is 4.08. The Hall–Kier alpha value is -3.50. The number of aliphatic hydroxyl groups excluding tert-OH is 1. The smallest absolute Gasteiger partial charge is 0.406 e. The number of methoxy groups -OCH3 is 1. The molecule has 3 atom stereocenters. The number of hydrogen-bond acceptors (Lipinski definition) is 9. The molecular weight excluding hydrogens is 372 g/mol. The predicted molar refractivity (Wildman–Crippen MR) is 92.9 cm³/mol. The van der Waals surface area contributed by atoms with Crippen LogP contribution in [0.25, 0.3) is 11.2 Å². The Morgan fingerprint density at radius 1 is 1.43 bits per heavy atom. The lowest BCUT2D eigenvalue weighted by atomic mass is 10.2.